The van der Waals surface area contributed by atoms with Crippen molar-refractivity contribution in [3.8, 4) is 0 Å². The number of nitrogens with one attached hydrogen (secondary N) is 1. The van der Waals surface area contributed by atoms with Crippen molar-refractivity contribution >= 4 is 16.7 Å². The van der Waals surface area contributed by atoms with Gasteiger partial charge in [-0.15, -0.1) is 0 Å². The predicted molar refractivity (Wildman–Crippen MR) is 71.4 cm³/mol. The molecule has 18 heavy (non-hydrogen) atoms. The molecule has 0 bridgehead atoms. The van der Waals surface area contributed by atoms with Crippen LogP contribution in [0.5, 0.6) is 0 Å². The maximum Gasteiger partial charge on any atom is 0.134 e. The number of rotatable bonds is 4. The number of furan rings is 1. The number of para-hydroxylation sites is 1. The van der Waals surface area contributed by atoms with E-state index in [1.807, 2.05) is 35.3 Å². The zero-order valence-corrected chi connectivity index (χ0v) is 10.3. The first-order chi connectivity index (χ1) is 8.85. The second-order valence-electron chi connectivity index (χ2n) is 4.19. The van der Waals surface area contributed by atoms with Crippen molar-refractivity contribution in [2.75, 3.05) is 5.32 Å². The van der Waals surface area contributed by atoms with Crippen LogP contribution in [0.4, 0.5) is 5.69 Å². The smallest absolute Gasteiger partial charge is 0.134 e. The van der Waals surface area contributed by atoms with Gasteiger partial charge in [0.05, 0.1) is 18.4 Å². The molecule has 0 saturated heterocycles. The summed E-state index contributed by atoms with van der Waals surface area (Å²) in [5.41, 5.74) is 1.94. The van der Waals surface area contributed by atoms with E-state index in [1.165, 1.54) is 0 Å². The van der Waals surface area contributed by atoms with Gasteiger partial charge in [0, 0.05) is 18.1 Å². The Hall–Kier alpha value is -2.23. The number of benzene rings is 1. The molecule has 0 unspecified atom stereocenters. The lowest BCUT2D eigenvalue weighted by molar-refractivity contribution is 0.559. The van der Waals surface area contributed by atoms with E-state index in [4.69, 9.17) is 4.42 Å². The molecule has 2 heterocycles. The molecule has 3 rings (SSSR count). The third-order valence-electron chi connectivity index (χ3n) is 2.90. The Kier molecular flexibility index (Phi) is 2.76. The summed E-state index contributed by atoms with van der Waals surface area (Å²) in [6.45, 7) is 3.62. The highest BCUT2D eigenvalue weighted by Gasteiger charge is 2.03. The molecule has 4 nitrogen and oxygen atoms in total. The number of aromatic nitrogens is 2. The minimum absolute atomic E-state index is 0.671. The zero-order valence-electron chi connectivity index (χ0n) is 10.3. The van der Waals surface area contributed by atoms with Gasteiger partial charge in [-0.3, -0.25) is 4.68 Å². The molecular formula is C14H15N3O. The standard InChI is InChI=1S/C14H15N3O/c1-2-17-10-12(8-16-17)15-9-13-7-11-5-3-4-6-14(11)18-13/h3-8,10,15H,2,9H2,1H3. The van der Waals surface area contributed by atoms with Crippen LogP contribution < -0.4 is 5.32 Å². The summed E-state index contributed by atoms with van der Waals surface area (Å²) in [7, 11) is 0. The lowest BCUT2D eigenvalue weighted by atomic mass is 10.2. The Morgan fingerprint density at radius 2 is 2.22 bits per heavy atom. The first-order valence-corrected chi connectivity index (χ1v) is 6.09. The molecule has 0 amide bonds. The maximum absolute atomic E-state index is 5.73. The summed E-state index contributed by atoms with van der Waals surface area (Å²) >= 11 is 0. The van der Waals surface area contributed by atoms with E-state index in [1.54, 1.807) is 0 Å². The fourth-order valence-electron chi connectivity index (χ4n) is 1.94. The van der Waals surface area contributed by atoms with Crippen LogP contribution in [0.25, 0.3) is 11.0 Å². The van der Waals surface area contributed by atoms with Crippen molar-refractivity contribution in [3.05, 3.63) is 48.5 Å². The molecule has 1 aromatic carbocycles. The van der Waals surface area contributed by atoms with Gasteiger partial charge in [0.15, 0.2) is 0 Å². The third-order valence-corrected chi connectivity index (χ3v) is 2.90. The Balaban J connectivity index is 1.72. The molecule has 0 aliphatic heterocycles. The molecule has 0 fully saturated rings. The summed E-state index contributed by atoms with van der Waals surface area (Å²) in [4.78, 5) is 0. The van der Waals surface area contributed by atoms with Crippen molar-refractivity contribution in [1.29, 1.82) is 0 Å². The molecule has 3 aromatic rings. The van der Waals surface area contributed by atoms with Crippen LogP contribution >= 0.6 is 0 Å². The van der Waals surface area contributed by atoms with E-state index >= 15 is 0 Å². The van der Waals surface area contributed by atoms with Gasteiger partial charge in [-0.1, -0.05) is 18.2 Å². The van der Waals surface area contributed by atoms with Crippen LogP contribution in [0.2, 0.25) is 0 Å². The minimum Gasteiger partial charge on any atom is -0.459 e. The van der Waals surface area contributed by atoms with Crippen molar-refractivity contribution in [3.63, 3.8) is 0 Å². The lowest BCUT2D eigenvalue weighted by Crippen LogP contribution is -1.97. The molecule has 1 N–H and O–H groups in total. The van der Waals surface area contributed by atoms with Gasteiger partial charge in [0.25, 0.3) is 0 Å². The van der Waals surface area contributed by atoms with Crippen molar-refractivity contribution in [2.24, 2.45) is 0 Å². The van der Waals surface area contributed by atoms with E-state index in [0.717, 1.165) is 29.0 Å². The monoisotopic (exact) mass is 241 g/mol. The molecule has 0 saturated carbocycles. The van der Waals surface area contributed by atoms with Crippen molar-refractivity contribution in [2.45, 2.75) is 20.0 Å². The normalized spacial score (nSPS) is 10.9. The second-order valence-corrected chi connectivity index (χ2v) is 4.19. The van der Waals surface area contributed by atoms with Gasteiger partial charge in [-0.25, -0.2) is 0 Å². The van der Waals surface area contributed by atoms with E-state index in [0.29, 0.717) is 6.54 Å². The highest BCUT2D eigenvalue weighted by atomic mass is 16.3. The number of hydrogen-bond acceptors (Lipinski definition) is 3. The fourth-order valence-corrected chi connectivity index (χ4v) is 1.94. The highest BCUT2D eigenvalue weighted by Crippen LogP contribution is 2.19. The van der Waals surface area contributed by atoms with Crippen molar-refractivity contribution in [1.82, 2.24) is 9.78 Å². The molecule has 0 aliphatic carbocycles. The topological polar surface area (TPSA) is 43.0 Å². The summed E-state index contributed by atoms with van der Waals surface area (Å²) < 4.78 is 7.62. The number of hydrogen-bond donors (Lipinski definition) is 1. The molecular weight excluding hydrogens is 226 g/mol. The summed E-state index contributed by atoms with van der Waals surface area (Å²) in [5.74, 6) is 0.931. The van der Waals surface area contributed by atoms with Gasteiger partial charge in [0.1, 0.15) is 11.3 Å². The lowest BCUT2D eigenvalue weighted by Gasteiger charge is -1.99. The second kappa shape index (κ2) is 4.56. The van der Waals surface area contributed by atoms with Gasteiger partial charge >= 0.3 is 0 Å². The summed E-state index contributed by atoms with van der Waals surface area (Å²) in [6.07, 6.45) is 3.81. The Bertz CT molecular complexity index is 621. The molecule has 0 aliphatic rings. The van der Waals surface area contributed by atoms with Crippen LogP contribution in [-0.2, 0) is 13.1 Å². The van der Waals surface area contributed by atoms with Gasteiger partial charge in [0.2, 0.25) is 0 Å². The van der Waals surface area contributed by atoms with Crippen LogP contribution in [0.1, 0.15) is 12.7 Å². The Morgan fingerprint density at radius 1 is 1.33 bits per heavy atom. The Morgan fingerprint density at radius 3 is 3.00 bits per heavy atom. The van der Waals surface area contributed by atoms with E-state index < -0.39 is 0 Å². The molecule has 92 valence electrons. The number of anilines is 1. The first-order valence-electron chi connectivity index (χ1n) is 6.09. The molecule has 0 spiro atoms. The molecule has 2 aromatic heterocycles. The van der Waals surface area contributed by atoms with E-state index in [9.17, 15) is 0 Å². The summed E-state index contributed by atoms with van der Waals surface area (Å²) in [6, 6.07) is 10.1. The zero-order chi connectivity index (χ0) is 12.4. The van der Waals surface area contributed by atoms with E-state index in [-0.39, 0.29) is 0 Å². The number of fused-ring (bicyclic) bond motifs is 1. The molecule has 0 radical (unpaired) electrons. The first kappa shape index (κ1) is 10.9. The molecule has 4 heteroatoms. The summed E-state index contributed by atoms with van der Waals surface area (Å²) in [5, 5.41) is 8.65. The number of nitrogens with zero attached hydrogens (tertiary/aromatic N) is 2. The van der Waals surface area contributed by atoms with Crippen LogP contribution in [0.3, 0.4) is 0 Å². The number of aryl methyl sites for hydroxylation is 1. The van der Waals surface area contributed by atoms with Crippen LogP contribution in [0, 0.1) is 0 Å². The quantitative estimate of drug-likeness (QED) is 0.762. The average molecular weight is 241 g/mol. The maximum atomic E-state index is 5.73. The molecule has 0 atom stereocenters. The van der Waals surface area contributed by atoms with Crippen LogP contribution in [0.15, 0.2) is 47.1 Å². The third kappa shape index (κ3) is 2.09. The largest absolute Gasteiger partial charge is 0.459 e. The fraction of sp³-hybridized carbons (Fsp3) is 0.214. The van der Waals surface area contributed by atoms with Gasteiger partial charge in [-0.2, -0.15) is 5.10 Å². The van der Waals surface area contributed by atoms with Gasteiger partial charge < -0.3 is 9.73 Å². The Labute approximate surface area is 105 Å². The highest BCUT2D eigenvalue weighted by molar-refractivity contribution is 5.77. The SMILES string of the molecule is CCn1cc(NCc2cc3ccccc3o2)cn1. The van der Waals surface area contributed by atoms with Crippen molar-refractivity contribution < 1.29 is 4.42 Å². The van der Waals surface area contributed by atoms with Gasteiger partial charge in [-0.05, 0) is 19.1 Å². The average Bonchev–Trinajstić information content (AvgIpc) is 3.02. The minimum atomic E-state index is 0.671. The predicted octanol–water partition coefficient (Wildman–Crippen LogP) is 3.26. The van der Waals surface area contributed by atoms with Crippen LogP contribution in [-0.4, -0.2) is 9.78 Å². The van der Waals surface area contributed by atoms with E-state index in [2.05, 4.69) is 29.5 Å².